The second kappa shape index (κ2) is 7.58. The van der Waals surface area contributed by atoms with Crippen molar-refractivity contribution in [3.05, 3.63) is 48.5 Å². The number of ether oxygens (including phenoxy) is 1. The van der Waals surface area contributed by atoms with E-state index < -0.39 is 31.0 Å². The zero-order chi connectivity index (χ0) is 19.7. The summed E-state index contributed by atoms with van der Waals surface area (Å²) in [7, 11) is 0. The molecule has 0 saturated carbocycles. The highest BCUT2D eigenvalue weighted by atomic mass is 19.1. The molecule has 3 aromatic rings. The third kappa shape index (κ3) is 3.21. The van der Waals surface area contributed by atoms with Gasteiger partial charge in [-0.2, -0.15) is 0 Å². The lowest BCUT2D eigenvalue weighted by Crippen LogP contribution is -2.50. The van der Waals surface area contributed by atoms with Crippen LogP contribution in [0.1, 0.15) is 16.4 Å². The predicted octanol–water partition coefficient (Wildman–Crippen LogP) is 0.710. The van der Waals surface area contributed by atoms with E-state index >= 15 is 0 Å². The van der Waals surface area contributed by atoms with Gasteiger partial charge in [0.2, 0.25) is 0 Å². The number of nitrogens with one attached hydrogen (secondary N) is 1. The van der Waals surface area contributed by atoms with E-state index in [2.05, 4.69) is 20.3 Å². The minimum Gasteiger partial charge on any atom is -0.394 e. The Hall–Kier alpha value is -2.95. The summed E-state index contributed by atoms with van der Waals surface area (Å²) in [5.74, 6) is -0.167. The number of aliphatic hydroxyl groups excluding tert-OH is 2. The summed E-state index contributed by atoms with van der Waals surface area (Å²) in [5, 5.41) is 21.8. The Bertz CT molecular complexity index is 983. The number of benzene rings is 1. The third-order valence-electron chi connectivity index (χ3n) is 4.72. The van der Waals surface area contributed by atoms with Crippen LogP contribution in [-0.2, 0) is 4.74 Å². The molecule has 146 valence electrons. The number of hydrogen-bond acceptors (Lipinski definition) is 7. The summed E-state index contributed by atoms with van der Waals surface area (Å²) >= 11 is 0. The van der Waals surface area contributed by atoms with Crippen LogP contribution in [0.5, 0.6) is 0 Å². The largest absolute Gasteiger partial charge is 0.394 e. The van der Waals surface area contributed by atoms with Crippen LogP contribution in [0.25, 0.3) is 11.2 Å². The Morgan fingerprint density at radius 3 is 2.82 bits per heavy atom. The van der Waals surface area contributed by atoms with Crippen molar-refractivity contribution >= 4 is 22.9 Å². The number of aliphatic hydroxyl groups is 2. The highest BCUT2D eigenvalue weighted by Gasteiger charge is 2.41. The first-order valence-corrected chi connectivity index (χ1v) is 8.68. The Labute approximate surface area is 158 Å². The number of fused-ring (bicyclic) bond motifs is 1. The maximum atomic E-state index is 14.7. The van der Waals surface area contributed by atoms with E-state index in [0.717, 1.165) is 0 Å². The fourth-order valence-corrected chi connectivity index (χ4v) is 3.20. The van der Waals surface area contributed by atoms with Crippen LogP contribution in [0.15, 0.2) is 43.0 Å². The number of alkyl halides is 1. The molecule has 4 atom stereocenters. The van der Waals surface area contributed by atoms with E-state index in [1.165, 1.54) is 17.2 Å². The highest BCUT2D eigenvalue weighted by molar-refractivity contribution is 6.06. The van der Waals surface area contributed by atoms with Gasteiger partial charge in [0.05, 0.1) is 25.6 Å². The fourth-order valence-electron chi connectivity index (χ4n) is 3.20. The molecule has 3 heterocycles. The molecule has 28 heavy (non-hydrogen) atoms. The monoisotopic (exact) mass is 387 g/mol. The SMILES string of the molecule is O=C(Nc1ncnc2c1ncn2C1COC(CO)C(O)C1F)c1ccccc1. The third-order valence-corrected chi connectivity index (χ3v) is 4.72. The first-order chi connectivity index (χ1) is 13.6. The molecule has 1 saturated heterocycles. The molecule has 1 aromatic carbocycles. The van der Waals surface area contributed by atoms with Gasteiger partial charge in [0.25, 0.3) is 5.91 Å². The number of nitrogens with zero attached hydrogens (tertiary/aromatic N) is 4. The van der Waals surface area contributed by atoms with Gasteiger partial charge in [-0.25, -0.2) is 19.3 Å². The van der Waals surface area contributed by atoms with Crippen LogP contribution in [0, 0.1) is 0 Å². The summed E-state index contributed by atoms with van der Waals surface area (Å²) in [6.45, 7) is -0.540. The van der Waals surface area contributed by atoms with Gasteiger partial charge in [-0.05, 0) is 12.1 Å². The van der Waals surface area contributed by atoms with Gasteiger partial charge < -0.3 is 24.8 Å². The number of halogens is 1. The van der Waals surface area contributed by atoms with Crippen LogP contribution in [0.2, 0.25) is 0 Å². The molecule has 10 heteroatoms. The molecule has 1 amide bonds. The highest BCUT2D eigenvalue weighted by Crippen LogP contribution is 2.30. The van der Waals surface area contributed by atoms with Crippen molar-refractivity contribution in [2.75, 3.05) is 18.5 Å². The van der Waals surface area contributed by atoms with Crippen LogP contribution < -0.4 is 5.32 Å². The van der Waals surface area contributed by atoms with Crippen molar-refractivity contribution in [2.24, 2.45) is 0 Å². The van der Waals surface area contributed by atoms with Crippen molar-refractivity contribution in [1.29, 1.82) is 0 Å². The Morgan fingerprint density at radius 1 is 1.29 bits per heavy atom. The minimum absolute atomic E-state index is 0.0649. The van der Waals surface area contributed by atoms with E-state index in [1.54, 1.807) is 30.3 Å². The van der Waals surface area contributed by atoms with E-state index in [1.807, 2.05) is 0 Å². The molecule has 4 rings (SSSR count). The summed E-state index contributed by atoms with van der Waals surface area (Å²) < 4.78 is 21.5. The molecular weight excluding hydrogens is 369 g/mol. The molecule has 0 aliphatic carbocycles. The molecule has 4 unspecified atom stereocenters. The number of anilines is 1. The van der Waals surface area contributed by atoms with Crippen molar-refractivity contribution < 1.29 is 24.1 Å². The average molecular weight is 387 g/mol. The molecule has 0 radical (unpaired) electrons. The summed E-state index contributed by atoms with van der Waals surface area (Å²) in [4.78, 5) is 24.8. The lowest BCUT2D eigenvalue weighted by molar-refractivity contribution is -0.148. The normalized spacial score (nSPS) is 25.0. The van der Waals surface area contributed by atoms with Crippen molar-refractivity contribution in [1.82, 2.24) is 19.5 Å². The Kier molecular flexibility index (Phi) is 4.99. The summed E-state index contributed by atoms with van der Waals surface area (Å²) in [6.07, 6.45) is -1.52. The van der Waals surface area contributed by atoms with E-state index in [0.29, 0.717) is 11.2 Å². The fraction of sp³-hybridized carbons (Fsp3) is 0.333. The van der Waals surface area contributed by atoms with Gasteiger partial charge >= 0.3 is 0 Å². The molecule has 2 aromatic heterocycles. The molecule has 3 N–H and O–H groups in total. The second-order valence-electron chi connectivity index (χ2n) is 6.42. The summed E-state index contributed by atoms with van der Waals surface area (Å²) in [6, 6.07) is 7.74. The minimum atomic E-state index is -1.68. The second-order valence-corrected chi connectivity index (χ2v) is 6.42. The van der Waals surface area contributed by atoms with Crippen molar-refractivity contribution in [3.63, 3.8) is 0 Å². The van der Waals surface area contributed by atoms with Crippen molar-refractivity contribution in [3.8, 4) is 0 Å². The number of carbonyl (C=O) groups is 1. The zero-order valence-corrected chi connectivity index (χ0v) is 14.6. The Morgan fingerprint density at radius 2 is 2.07 bits per heavy atom. The van der Waals surface area contributed by atoms with Gasteiger partial charge in [0.1, 0.15) is 18.5 Å². The maximum Gasteiger partial charge on any atom is 0.256 e. The molecule has 1 aliphatic rings. The summed E-state index contributed by atoms with van der Waals surface area (Å²) in [5.41, 5.74) is 1.04. The maximum absolute atomic E-state index is 14.7. The van der Waals surface area contributed by atoms with E-state index in [4.69, 9.17) is 9.84 Å². The van der Waals surface area contributed by atoms with Crippen LogP contribution in [0.3, 0.4) is 0 Å². The first kappa shape index (κ1) is 18.4. The molecule has 0 bridgehead atoms. The van der Waals surface area contributed by atoms with Crippen LogP contribution in [0.4, 0.5) is 10.2 Å². The smallest absolute Gasteiger partial charge is 0.256 e. The molecule has 1 fully saturated rings. The quantitative estimate of drug-likeness (QED) is 0.603. The van der Waals surface area contributed by atoms with Gasteiger partial charge in [0, 0.05) is 5.56 Å². The van der Waals surface area contributed by atoms with E-state index in [9.17, 15) is 14.3 Å². The van der Waals surface area contributed by atoms with E-state index in [-0.39, 0.29) is 23.8 Å². The number of carbonyl (C=O) groups excluding carboxylic acids is 1. The number of rotatable bonds is 4. The first-order valence-electron chi connectivity index (χ1n) is 8.68. The average Bonchev–Trinajstić information content (AvgIpc) is 3.15. The number of hydrogen-bond donors (Lipinski definition) is 3. The lowest BCUT2D eigenvalue weighted by atomic mass is 9.99. The molecular formula is C18H18FN5O4. The zero-order valence-electron chi connectivity index (χ0n) is 14.6. The number of imidazole rings is 1. The standard InChI is InChI=1S/C18H18FN5O4/c19-13-11(7-28-12(6-25)15(13)26)24-9-22-14-16(20-8-21-17(14)24)23-18(27)10-4-2-1-3-5-10/h1-5,8-9,11-13,15,25-26H,6-7H2,(H,20,21,23,27). The Balaban J connectivity index is 1.63. The van der Waals surface area contributed by atoms with Gasteiger partial charge in [-0.1, -0.05) is 18.2 Å². The van der Waals surface area contributed by atoms with Gasteiger partial charge in [0.15, 0.2) is 23.2 Å². The van der Waals surface area contributed by atoms with Crippen molar-refractivity contribution in [2.45, 2.75) is 24.4 Å². The molecule has 1 aliphatic heterocycles. The van der Waals surface area contributed by atoms with Crippen LogP contribution >= 0.6 is 0 Å². The topological polar surface area (TPSA) is 122 Å². The number of amides is 1. The van der Waals surface area contributed by atoms with Gasteiger partial charge in [-0.15, -0.1) is 0 Å². The predicted molar refractivity (Wildman–Crippen MR) is 96.5 cm³/mol. The van der Waals surface area contributed by atoms with Gasteiger partial charge in [-0.3, -0.25) is 4.79 Å². The lowest BCUT2D eigenvalue weighted by Gasteiger charge is -2.36. The molecule has 9 nitrogen and oxygen atoms in total. The molecule has 0 spiro atoms. The van der Waals surface area contributed by atoms with Crippen LogP contribution in [-0.4, -0.2) is 67.2 Å². The number of aromatic nitrogens is 4.